The minimum atomic E-state index is 0.0838. The number of benzene rings is 1. The van der Waals surface area contributed by atoms with Gasteiger partial charge in [0.25, 0.3) is 0 Å². The zero-order valence-corrected chi connectivity index (χ0v) is 19.9. The maximum atomic E-state index is 9.69. The molecule has 2 saturated heterocycles. The minimum Gasteiger partial charge on any atom is -0.489 e. The number of nitriles is 1. The molecule has 2 aliphatic rings. The van der Waals surface area contributed by atoms with Gasteiger partial charge in [-0.2, -0.15) is 5.26 Å². The van der Waals surface area contributed by atoms with Gasteiger partial charge in [-0.15, -0.1) is 0 Å². The normalized spacial score (nSPS) is 17.0. The van der Waals surface area contributed by atoms with E-state index >= 15 is 0 Å². The van der Waals surface area contributed by atoms with Crippen LogP contribution in [0.25, 0.3) is 11.3 Å². The number of pyridine rings is 1. The predicted molar refractivity (Wildman–Crippen MR) is 130 cm³/mol. The van der Waals surface area contributed by atoms with Gasteiger partial charge in [0.2, 0.25) is 0 Å². The van der Waals surface area contributed by atoms with Crippen molar-refractivity contribution in [2.75, 3.05) is 33.4 Å². The van der Waals surface area contributed by atoms with Crippen molar-refractivity contribution in [1.29, 1.82) is 5.26 Å². The lowest BCUT2D eigenvalue weighted by Gasteiger charge is -2.37. The van der Waals surface area contributed by atoms with Gasteiger partial charge in [0.05, 0.1) is 36.3 Å². The summed E-state index contributed by atoms with van der Waals surface area (Å²) in [6.45, 7) is 4.13. The van der Waals surface area contributed by atoms with Crippen molar-refractivity contribution >= 4 is 0 Å². The molecule has 0 saturated carbocycles. The zero-order chi connectivity index (χ0) is 24.0. The highest BCUT2D eigenvalue weighted by Crippen LogP contribution is 2.27. The van der Waals surface area contributed by atoms with Gasteiger partial charge in [0.1, 0.15) is 23.7 Å². The number of ether oxygens (including phenoxy) is 3. The summed E-state index contributed by atoms with van der Waals surface area (Å²) in [5.74, 6) is 1.32. The molecular formula is C27H29N5O3. The molecule has 2 aromatic heterocycles. The van der Waals surface area contributed by atoms with Gasteiger partial charge in [0, 0.05) is 64.0 Å². The largest absolute Gasteiger partial charge is 0.489 e. The Morgan fingerprint density at radius 2 is 1.94 bits per heavy atom. The van der Waals surface area contributed by atoms with E-state index < -0.39 is 0 Å². The molecule has 0 N–H and O–H groups in total. The van der Waals surface area contributed by atoms with Gasteiger partial charge in [-0.25, -0.2) is 9.97 Å². The van der Waals surface area contributed by atoms with Crippen LogP contribution in [0.4, 0.5) is 0 Å². The summed E-state index contributed by atoms with van der Waals surface area (Å²) < 4.78 is 16.8. The number of aromatic nitrogens is 3. The van der Waals surface area contributed by atoms with Crippen molar-refractivity contribution in [2.45, 2.75) is 38.0 Å². The Balaban J connectivity index is 1.24. The van der Waals surface area contributed by atoms with Gasteiger partial charge < -0.3 is 14.2 Å². The summed E-state index contributed by atoms with van der Waals surface area (Å²) >= 11 is 0. The quantitative estimate of drug-likeness (QED) is 0.494. The van der Waals surface area contributed by atoms with Crippen LogP contribution in [-0.4, -0.2) is 65.5 Å². The number of rotatable bonds is 8. The molecule has 0 atom stereocenters. The van der Waals surface area contributed by atoms with Crippen molar-refractivity contribution in [3.8, 4) is 23.1 Å². The van der Waals surface area contributed by atoms with E-state index in [0.717, 1.165) is 55.0 Å². The highest BCUT2D eigenvalue weighted by molar-refractivity contribution is 5.64. The van der Waals surface area contributed by atoms with E-state index in [1.54, 1.807) is 13.3 Å². The van der Waals surface area contributed by atoms with Gasteiger partial charge in [-0.05, 0) is 35.9 Å². The summed E-state index contributed by atoms with van der Waals surface area (Å²) in [4.78, 5) is 16.1. The predicted octanol–water partition coefficient (Wildman–Crippen LogP) is 3.39. The third-order valence-corrected chi connectivity index (χ3v) is 6.45. The van der Waals surface area contributed by atoms with Crippen molar-refractivity contribution in [1.82, 2.24) is 19.9 Å². The summed E-state index contributed by atoms with van der Waals surface area (Å²) in [6, 6.07) is 13.9. The Kier molecular flexibility index (Phi) is 7.28. The highest BCUT2D eigenvalue weighted by atomic mass is 16.5. The molecule has 8 heteroatoms. The van der Waals surface area contributed by atoms with E-state index in [9.17, 15) is 5.26 Å². The van der Waals surface area contributed by atoms with Crippen LogP contribution in [0, 0.1) is 11.3 Å². The average Bonchev–Trinajstić information content (AvgIpc) is 2.88. The van der Waals surface area contributed by atoms with Crippen LogP contribution in [0.2, 0.25) is 0 Å². The molecule has 0 amide bonds. The summed E-state index contributed by atoms with van der Waals surface area (Å²) in [5.41, 5.74) is 4.25. The van der Waals surface area contributed by atoms with E-state index in [1.807, 2.05) is 30.5 Å². The lowest BCUT2D eigenvalue weighted by atomic mass is 10.1. The van der Waals surface area contributed by atoms with Crippen LogP contribution in [0.15, 0.2) is 48.8 Å². The van der Waals surface area contributed by atoms with Crippen molar-refractivity contribution < 1.29 is 14.2 Å². The number of methoxy groups -OCH3 is 1. The third-order valence-electron chi connectivity index (χ3n) is 6.45. The van der Waals surface area contributed by atoms with E-state index in [0.29, 0.717) is 42.9 Å². The number of nitrogens with zero attached hydrogens (tertiary/aromatic N) is 5. The second-order valence-corrected chi connectivity index (χ2v) is 9.00. The molecule has 0 bridgehead atoms. The number of likely N-dealkylation sites (tertiary alicyclic amines) is 1. The molecule has 8 nitrogen and oxygen atoms in total. The monoisotopic (exact) mass is 471 g/mol. The van der Waals surface area contributed by atoms with Gasteiger partial charge >= 0.3 is 0 Å². The standard InChI is InChI=1S/C27H29N5O3/c1-33-24-17-32(18-24)16-22-4-2-19(15-30-22)12-27-29-9-6-25(31-27)20-3-5-26(21(13-20)14-28)35-23-7-10-34-11-8-23/h2-6,9,13,15,23-24H,7-8,10-12,16-18H2,1H3. The van der Waals surface area contributed by atoms with Crippen LogP contribution in [0.1, 0.15) is 35.5 Å². The second-order valence-electron chi connectivity index (χ2n) is 9.00. The first-order valence-corrected chi connectivity index (χ1v) is 12.0. The van der Waals surface area contributed by atoms with Crippen molar-refractivity contribution in [2.24, 2.45) is 0 Å². The van der Waals surface area contributed by atoms with Gasteiger partial charge in [-0.3, -0.25) is 9.88 Å². The molecule has 2 fully saturated rings. The van der Waals surface area contributed by atoms with Crippen LogP contribution >= 0.6 is 0 Å². The molecule has 35 heavy (non-hydrogen) atoms. The fourth-order valence-electron chi connectivity index (χ4n) is 4.36. The SMILES string of the molecule is COC1CN(Cc2ccc(Cc3nccc(-c4ccc(OC5CCOCC5)c(C#N)c4)n3)cn2)C1. The van der Waals surface area contributed by atoms with Crippen LogP contribution in [0.5, 0.6) is 5.75 Å². The summed E-state index contributed by atoms with van der Waals surface area (Å²) in [7, 11) is 1.76. The van der Waals surface area contributed by atoms with E-state index in [1.165, 1.54) is 0 Å². The maximum absolute atomic E-state index is 9.69. The Bertz CT molecular complexity index is 1180. The van der Waals surface area contributed by atoms with E-state index in [2.05, 4.69) is 33.1 Å². The van der Waals surface area contributed by atoms with E-state index in [-0.39, 0.29) is 6.10 Å². The summed E-state index contributed by atoms with van der Waals surface area (Å²) in [6.07, 6.45) is 6.35. The first kappa shape index (κ1) is 23.4. The molecule has 3 aromatic rings. The van der Waals surface area contributed by atoms with Gasteiger partial charge in [-0.1, -0.05) is 6.07 Å². The Labute approximate surface area is 205 Å². The van der Waals surface area contributed by atoms with Crippen LogP contribution in [0.3, 0.4) is 0 Å². The van der Waals surface area contributed by atoms with Gasteiger partial charge in [0.15, 0.2) is 0 Å². The average molecular weight is 472 g/mol. The molecule has 4 heterocycles. The number of hydrogen-bond donors (Lipinski definition) is 0. The van der Waals surface area contributed by atoms with E-state index in [4.69, 9.17) is 19.2 Å². The lowest BCUT2D eigenvalue weighted by molar-refractivity contribution is -0.0339. The minimum absolute atomic E-state index is 0.0838. The summed E-state index contributed by atoms with van der Waals surface area (Å²) in [5, 5.41) is 9.69. The topological polar surface area (TPSA) is 93.4 Å². The molecule has 2 aliphatic heterocycles. The Morgan fingerprint density at radius 1 is 1.09 bits per heavy atom. The molecule has 0 radical (unpaired) electrons. The van der Waals surface area contributed by atoms with Crippen LogP contribution < -0.4 is 4.74 Å². The smallest absolute Gasteiger partial charge is 0.137 e. The fourth-order valence-corrected chi connectivity index (χ4v) is 4.36. The lowest BCUT2D eigenvalue weighted by Crippen LogP contribution is -2.51. The molecule has 0 spiro atoms. The first-order valence-electron chi connectivity index (χ1n) is 12.0. The molecule has 180 valence electrons. The second kappa shape index (κ2) is 10.9. The molecule has 0 unspecified atom stereocenters. The van der Waals surface area contributed by atoms with Crippen molar-refractivity contribution in [3.63, 3.8) is 0 Å². The third kappa shape index (κ3) is 5.82. The fraction of sp³-hybridized carbons (Fsp3) is 0.407. The van der Waals surface area contributed by atoms with Crippen LogP contribution in [-0.2, 0) is 22.4 Å². The molecule has 0 aliphatic carbocycles. The zero-order valence-electron chi connectivity index (χ0n) is 19.9. The Morgan fingerprint density at radius 3 is 2.69 bits per heavy atom. The highest BCUT2D eigenvalue weighted by Gasteiger charge is 2.26. The number of hydrogen-bond acceptors (Lipinski definition) is 8. The maximum Gasteiger partial charge on any atom is 0.137 e. The Hall–Kier alpha value is -3.38. The molecule has 5 rings (SSSR count). The first-order chi connectivity index (χ1) is 17.2. The molecule has 1 aromatic carbocycles. The molecular weight excluding hydrogens is 442 g/mol. The van der Waals surface area contributed by atoms with Crippen molar-refractivity contribution in [3.05, 3.63) is 71.4 Å².